The number of benzene rings is 2. The van der Waals surface area contributed by atoms with E-state index in [1.807, 2.05) is 24.3 Å². The average molecular weight is 615 g/mol. The van der Waals surface area contributed by atoms with Crippen LogP contribution >= 0.6 is 0 Å². The Morgan fingerprint density at radius 1 is 0.733 bits per heavy atom. The number of aromatic nitrogens is 2. The van der Waals surface area contributed by atoms with Crippen molar-refractivity contribution in [2.45, 2.75) is 62.6 Å². The number of nitrogens with zero attached hydrogens (tertiary/aromatic N) is 2. The first kappa shape index (κ1) is 28.2. The maximum atomic E-state index is 14.5. The highest BCUT2D eigenvalue weighted by Crippen LogP contribution is 2.85. The van der Waals surface area contributed by atoms with Gasteiger partial charge < -0.3 is 37.6 Å². The van der Waals surface area contributed by atoms with E-state index in [1.165, 1.54) is 0 Å². The zero-order valence-electron chi connectivity index (χ0n) is 27.2. The fraction of sp³-hybridized carbons (Fsp3) is 0.486. The topological polar surface area (TPSA) is 99.4 Å². The molecule has 10 nitrogen and oxygen atoms in total. The van der Waals surface area contributed by atoms with Crippen LogP contribution in [0.1, 0.15) is 57.1 Å². The molecule has 2 aromatic heterocycles. The molecule has 4 atom stereocenters. The summed E-state index contributed by atoms with van der Waals surface area (Å²) in [5.41, 5.74) is -0.127. The highest BCUT2D eigenvalue weighted by molar-refractivity contribution is 5.95. The Morgan fingerprint density at radius 2 is 1.29 bits per heavy atom. The second kappa shape index (κ2) is 8.47. The van der Waals surface area contributed by atoms with Crippen molar-refractivity contribution in [2.24, 2.45) is 19.5 Å². The van der Waals surface area contributed by atoms with E-state index >= 15 is 0 Å². The fourth-order valence-corrected chi connectivity index (χ4v) is 9.88. The van der Waals surface area contributed by atoms with Gasteiger partial charge >= 0.3 is 0 Å². The smallest absolute Gasteiger partial charge is 0.258 e. The number of ether oxygens (including phenoxy) is 6. The molecule has 2 bridgehead atoms. The van der Waals surface area contributed by atoms with Gasteiger partial charge in [-0.05, 0) is 64.3 Å². The summed E-state index contributed by atoms with van der Waals surface area (Å²) in [4.78, 5) is 29.0. The molecule has 2 aliphatic heterocycles. The number of hydrogen-bond donors (Lipinski definition) is 0. The first-order valence-electron chi connectivity index (χ1n) is 15.3. The van der Waals surface area contributed by atoms with Crippen molar-refractivity contribution in [3.8, 4) is 34.5 Å². The lowest BCUT2D eigenvalue weighted by molar-refractivity contribution is -0.0846. The highest BCUT2D eigenvalue weighted by atomic mass is 16.5. The highest BCUT2D eigenvalue weighted by Gasteiger charge is 2.85. The molecule has 2 aliphatic carbocycles. The predicted molar refractivity (Wildman–Crippen MR) is 169 cm³/mol. The number of rotatable bonds is 4. The van der Waals surface area contributed by atoms with Gasteiger partial charge in [0.25, 0.3) is 11.1 Å². The SMILES string of the molecule is COc1ccc2c3c(c(=O)n(C)c2c1OC)C1CC(C)(CC24CC12C(C)(C)Oc1c4c(=O)n(C)c2c(OC)c(OC)ccc12)O3. The van der Waals surface area contributed by atoms with E-state index in [2.05, 4.69) is 20.8 Å². The molecule has 2 saturated carbocycles. The van der Waals surface area contributed by atoms with Gasteiger partial charge in [0.05, 0.1) is 39.6 Å². The lowest BCUT2D eigenvalue weighted by atomic mass is 9.55. The molecule has 8 rings (SSSR count). The molecule has 0 amide bonds. The molecule has 2 aromatic carbocycles. The number of pyridine rings is 2. The van der Waals surface area contributed by atoms with E-state index in [9.17, 15) is 9.59 Å². The van der Waals surface area contributed by atoms with E-state index in [1.54, 1.807) is 51.7 Å². The summed E-state index contributed by atoms with van der Waals surface area (Å²) in [5.74, 6) is 3.01. The summed E-state index contributed by atoms with van der Waals surface area (Å²) in [7, 11) is 9.85. The zero-order chi connectivity index (χ0) is 32.0. The summed E-state index contributed by atoms with van der Waals surface area (Å²) >= 11 is 0. The Labute approximate surface area is 260 Å². The zero-order valence-corrected chi connectivity index (χ0v) is 27.2. The molecule has 4 aromatic rings. The number of methoxy groups -OCH3 is 4. The van der Waals surface area contributed by atoms with Gasteiger partial charge in [-0.15, -0.1) is 0 Å². The Balaban J connectivity index is 1.44. The molecule has 0 radical (unpaired) electrons. The average Bonchev–Trinajstić information content (AvgIpc) is 3.71. The molecule has 2 fully saturated rings. The van der Waals surface area contributed by atoms with Crippen LogP contribution in [0.25, 0.3) is 21.8 Å². The molecule has 0 saturated heterocycles. The fourth-order valence-electron chi connectivity index (χ4n) is 9.88. The van der Waals surface area contributed by atoms with Crippen molar-refractivity contribution in [3.05, 3.63) is 56.1 Å². The first-order chi connectivity index (χ1) is 21.3. The summed E-state index contributed by atoms with van der Waals surface area (Å²) in [5, 5.41) is 1.58. The molecule has 236 valence electrons. The van der Waals surface area contributed by atoms with Gasteiger partial charge in [-0.3, -0.25) is 9.59 Å². The van der Waals surface area contributed by atoms with Crippen LogP contribution in [0.15, 0.2) is 33.9 Å². The Bertz CT molecular complexity index is 2130. The van der Waals surface area contributed by atoms with Crippen LogP contribution in [0.3, 0.4) is 0 Å². The van der Waals surface area contributed by atoms with Crippen LogP contribution in [-0.4, -0.2) is 48.8 Å². The molecule has 4 aliphatic rings. The van der Waals surface area contributed by atoms with Crippen LogP contribution in [0.4, 0.5) is 0 Å². The van der Waals surface area contributed by atoms with E-state index in [-0.39, 0.29) is 17.0 Å². The van der Waals surface area contributed by atoms with Crippen LogP contribution in [-0.2, 0) is 19.5 Å². The van der Waals surface area contributed by atoms with Gasteiger partial charge in [0.1, 0.15) is 33.7 Å². The second-order valence-electron chi connectivity index (χ2n) is 13.9. The van der Waals surface area contributed by atoms with Gasteiger partial charge in [0.2, 0.25) is 0 Å². The van der Waals surface area contributed by atoms with Gasteiger partial charge in [-0.2, -0.15) is 0 Å². The summed E-state index contributed by atoms with van der Waals surface area (Å²) < 4.78 is 39.9. The lowest BCUT2D eigenvalue weighted by Crippen LogP contribution is -2.60. The van der Waals surface area contributed by atoms with Gasteiger partial charge in [0, 0.05) is 41.6 Å². The molecule has 10 heteroatoms. The van der Waals surface area contributed by atoms with Crippen molar-refractivity contribution in [1.82, 2.24) is 9.13 Å². The van der Waals surface area contributed by atoms with Crippen LogP contribution in [0.2, 0.25) is 0 Å². The minimum Gasteiger partial charge on any atom is -0.493 e. The number of hydrogen-bond acceptors (Lipinski definition) is 8. The third kappa shape index (κ3) is 3.01. The Morgan fingerprint density at radius 3 is 1.84 bits per heavy atom. The maximum absolute atomic E-state index is 14.5. The van der Waals surface area contributed by atoms with Crippen LogP contribution in [0, 0.1) is 5.41 Å². The van der Waals surface area contributed by atoms with Crippen molar-refractivity contribution in [3.63, 3.8) is 0 Å². The molecular weight excluding hydrogens is 576 g/mol. The summed E-state index contributed by atoms with van der Waals surface area (Å²) in [6.45, 7) is 6.34. The number of aryl methyl sites for hydroxylation is 2. The maximum Gasteiger partial charge on any atom is 0.258 e. The monoisotopic (exact) mass is 614 g/mol. The van der Waals surface area contributed by atoms with Crippen molar-refractivity contribution >= 4 is 21.8 Å². The van der Waals surface area contributed by atoms with Crippen molar-refractivity contribution in [2.75, 3.05) is 28.4 Å². The van der Waals surface area contributed by atoms with Crippen molar-refractivity contribution in [1.29, 1.82) is 0 Å². The van der Waals surface area contributed by atoms with Gasteiger partial charge in [-0.1, -0.05) is 0 Å². The normalized spacial score (nSPS) is 28.2. The lowest BCUT2D eigenvalue weighted by Gasteiger charge is -2.56. The van der Waals surface area contributed by atoms with Crippen LogP contribution < -0.4 is 39.5 Å². The van der Waals surface area contributed by atoms with E-state index in [0.29, 0.717) is 75.9 Å². The summed E-state index contributed by atoms with van der Waals surface area (Å²) in [6, 6.07) is 7.59. The van der Waals surface area contributed by atoms with Gasteiger partial charge in [-0.25, -0.2) is 0 Å². The predicted octanol–water partition coefficient (Wildman–Crippen LogP) is 4.95. The van der Waals surface area contributed by atoms with Gasteiger partial charge in [0.15, 0.2) is 23.0 Å². The molecule has 4 unspecified atom stereocenters. The number of fused-ring (bicyclic) bond motifs is 9. The molecule has 0 spiro atoms. The quantitative estimate of drug-likeness (QED) is 0.319. The van der Waals surface area contributed by atoms with E-state index in [0.717, 1.165) is 10.8 Å². The summed E-state index contributed by atoms with van der Waals surface area (Å²) in [6.07, 6.45) is 1.98. The van der Waals surface area contributed by atoms with Crippen molar-refractivity contribution < 1.29 is 28.4 Å². The van der Waals surface area contributed by atoms with E-state index in [4.69, 9.17) is 28.4 Å². The van der Waals surface area contributed by atoms with Crippen LogP contribution in [0.5, 0.6) is 34.5 Å². The second-order valence-corrected chi connectivity index (χ2v) is 13.9. The minimum atomic E-state index is -0.718. The molecular formula is C35H38N2O8. The third-order valence-corrected chi connectivity index (χ3v) is 11.5. The van der Waals surface area contributed by atoms with E-state index < -0.39 is 22.0 Å². The molecule has 45 heavy (non-hydrogen) atoms. The largest absolute Gasteiger partial charge is 0.493 e. The Hall–Kier alpha value is -4.34. The Kier molecular flexibility index (Phi) is 5.30. The first-order valence-corrected chi connectivity index (χ1v) is 15.3. The minimum absolute atomic E-state index is 0.131. The third-order valence-electron chi connectivity index (χ3n) is 11.5. The molecule has 0 N–H and O–H groups in total. The standard InChI is InChI=1S/C35H38N2O8/c1-32(2)35-16-34(35,23-27(44-32)18-11-13-21(41-7)29(43-9)25(18)37(5)31(23)39)15-33(3)14-19(35)22-26(45-33)17-10-12-20(40-6)28(42-8)24(17)36(4)30(22)38/h10-13,19H,14-16H2,1-9H3. The molecule has 4 heterocycles.